The minimum atomic E-state index is -0.441. The summed E-state index contributed by atoms with van der Waals surface area (Å²) < 4.78 is 0. The molecule has 0 amide bonds. The molecule has 1 unspecified atom stereocenters. The lowest BCUT2D eigenvalue weighted by molar-refractivity contribution is 0.330. The van der Waals surface area contributed by atoms with E-state index in [2.05, 4.69) is 41.8 Å². The predicted octanol–water partition coefficient (Wildman–Crippen LogP) is 1.95. The van der Waals surface area contributed by atoms with Crippen molar-refractivity contribution in [2.45, 2.75) is 24.8 Å². The van der Waals surface area contributed by atoms with Gasteiger partial charge in [0.05, 0.1) is 6.07 Å². The van der Waals surface area contributed by atoms with E-state index in [4.69, 9.17) is 0 Å². The van der Waals surface area contributed by atoms with Gasteiger partial charge in [0, 0.05) is 23.5 Å². The van der Waals surface area contributed by atoms with Gasteiger partial charge in [-0.1, -0.05) is 0 Å². The smallest absolute Gasteiger partial charge is 0.133 e. The van der Waals surface area contributed by atoms with E-state index in [-0.39, 0.29) is 0 Å². The van der Waals surface area contributed by atoms with Crippen molar-refractivity contribution >= 4 is 11.3 Å². The van der Waals surface area contributed by atoms with Gasteiger partial charge in [0.1, 0.15) is 5.54 Å². The first-order valence-corrected chi connectivity index (χ1v) is 6.94. The number of rotatable bonds is 4. The van der Waals surface area contributed by atoms with E-state index >= 15 is 0 Å². The second kappa shape index (κ2) is 5.18. The summed E-state index contributed by atoms with van der Waals surface area (Å²) in [7, 11) is 4.11. The fourth-order valence-corrected chi connectivity index (χ4v) is 3.40. The summed E-state index contributed by atoms with van der Waals surface area (Å²) in [6.45, 7) is 1.82. The van der Waals surface area contributed by atoms with Gasteiger partial charge < -0.3 is 4.90 Å². The Bertz CT molecular complexity index is 419. The molecule has 0 spiro atoms. The van der Waals surface area contributed by atoms with Crippen molar-refractivity contribution in [1.82, 2.24) is 10.2 Å². The van der Waals surface area contributed by atoms with Gasteiger partial charge in [0.2, 0.25) is 0 Å². The molecule has 1 aliphatic carbocycles. The number of fused-ring (bicyclic) bond motifs is 1. The van der Waals surface area contributed by atoms with Crippen LogP contribution in [0.25, 0.3) is 0 Å². The van der Waals surface area contributed by atoms with E-state index in [1.165, 1.54) is 10.4 Å². The highest BCUT2D eigenvalue weighted by Crippen LogP contribution is 2.37. The number of aryl methyl sites for hydroxylation is 1. The Morgan fingerprint density at radius 3 is 3.12 bits per heavy atom. The van der Waals surface area contributed by atoms with Crippen LogP contribution in [-0.2, 0) is 12.0 Å². The number of nitrogens with zero attached hydrogens (tertiary/aromatic N) is 2. The molecular formula is C13H19N3S. The van der Waals surface area contributed by atoms with Crippen molar-refractivity contribution in [3.8, 4) is 6.07 Å². The third-order valence-corrected chi connectivity index (χ3v) is 4.32. The molecule has 0 radical (unpaired) electrons. The Morgan fingerprint density at radius 2 is 2.41 bits per heavy atom. The Morgan fingerprint density at radius 1 is 1.59 bits per heavy atom. The summed E-state index contributed by atoms with van der Waals surface area (Å²) in [6, 6.07) is 4.63. The Hall–Kier alpha value is -0.890. The largest absolute Gasteiger partial charge is 0.308 e. The predicted molar refractivity (Wildman–Crippen MR) is 71.1 cm³/mol. The zero-order valence-corrected chi connectivity index (χ0v) is 11.3. The number of hydrogen-bond donors (Lipinski definition) is 1. The fraction of sp³-hybridized carbons (Fsp3) is 0.615. The molecule has 1 aliphatic rings. The molecule has 92 valence electrons. The van der Waals surface area contributed by atoms with Gasteiger partial charge in [-0.3, -0.25) is 5.32 Å². The maximum absolute atomic E-state index is 9.55. The van der Waals surface area contributed by atoms with Crippen molar-refractivity contribution in [1.29, 1.82) is 5.26 Å². The Kier molecular flexibility index (Phi) is 3.82. The standard InChI is InChI=1S/C13H19N3S/c1-16(2)8-7-15-13(10-14)6-3-4-12-11(13)5-9-17-12/h5,9,15H,3-4,6-8H2,1-2H3. The van der Waals surface area contributed by atoms with E-state index in [9.17, 15) is 5.26 Å². The third kappa shape index (κ3) is 2.52. The van der Waals surface area contributed by atoms with E-state index in [1.54, 1.807) is 11.3 Å². The number of nitriles is 1. The molecule has 3 nitrogen and oxygen atoms in total. The quantitative estimate of drug-likeness (QED) is 0.886. The molecule has 17 heavy (non-hydrogen) atoms. The van der Waals surface area contributed by atoms with Crippen molar-refractivity contribution in [3.05, 3.63) is 21.9 Å². The first-order chi connectivity index (χ1) is 8.18. The second-order valence-corrected chi connectivity index (χ2v) is 5.86. The monoisotopic (exact) mass is 249 g/mol. The van der Waals surface area contributed by atoms with Gasteiger partial charge in [-0.05, 0) is 44.8 Å². The molecule has 1 aromatic rings. The van der Waals surface area contributed by atoms with Crippen LogP contribution in [0, 0.1) is 11.3 Å². The molecular weight excluding hydrogens is 230 g/mol. The number of nitrogens with one attached hydrogen (secondary N) is 1. The third-order valence-electron chi connectivity index (χ3n) is 3.34. The molecule has 0 saturated carbocycles. The van der Waals surface area contributed by atoms with Crippen molar-refractivity contribution in [2.75, 3.05) is 27.2 Å². The highest BCUT2D eigenvalue weighted by Gasteiger charge is 2.36. The van der Waals surface area contributed by atoms with E-state index in [0.717, 1.165) is 32.4 Å². The summed E-state index contributed by atoms with van der Waals surface area (Å²) >= 11 is 1.78. The second-order valence-electron chi connectivity index (χ2n) is 4.86. The van der Waals surface area contributed by atoms with Gasteiger partial charge in [-0.15, -0.1) is 11.3 Å². The maximum Gasteiger partial charge on any atom is 0.133 e. The molecule has 1 N–H and O–H groups in total. The van der Waals surface area contributed by atoms with Gasteiger partial charge in [-0.2, -0.15) is 5.26 Å². The molecule has 2 rings (SSSR count). The lowest BCUT2D eigenvalue weighted by atomic mass is 9.81. The summed E-state index contributed by atoms with van der Waals surface area (Å²) in [5.74, 6) is 0. The van der Waals surface area contributed by atoms with Crippen LogP contribution in [0.15, 0.2) is 11.4 Å². The molecule has 4 heteroatoms. The van der Waals surface area contributed by atoms with Crippen molar-refractivity contribution in [2.24, 2.45) is 0 Å². The van der Waals surface area contributed by atoms with E-state index in [1.807, 2.05) is 0 Å². The lowest BCUT2D eigenvalue weighted by Crippen LogP contribution is -2.45. The van der Waals surface area contributed by atoms with E-state index < -0.39 is 5.54 Å². The SMILES string of the molecule is CN(C)CCNC1(C#N)CCCc2sccc21. The van der Waals surface area contributed by atoms with Gasteiger partial charge in [0.15, 0.2) is 0 Å². The van der Waals surface area contributed by atoms with Gasteiger partial charge in [0.25, 0.3) is 0 Å². The Labute approximate surface area is 107 Å². The molecule has 0 aliphatic heterocycles. The van der Waals surface area contributed by atoms with Gasteiger partial charge >= 0.3 is 0 Å². The molecule has 1 heterocycles. The van der Waals surface area contributed by atoms with Crippen LogP contribution in [0.4, 0.5) is 0 Å². The summed E-state index contributed by atoms with van der Waals surface area (Å²) in [4.78, 5) is 3.52. The first kappa shape index (κ1) is 12.6. The fourth-order valence-electron chi connectivity index (χ4n) is 2.40. The van der Waals surface area contributed by atoms with Crippen LogP contribution in [0.3, 0.4) is 0 Å². The maximum atomic E-state index is 9.55. The zero-order valence-electron chi connectivity index (χ0n) is 10.5. The molecule has 0 bridgehead atoms. The number of likely N-dealkylation sites (N-methyl/N-ethyl adjacent to an activating group) is 1. The number of thiophene rings is 1. The highest BCUT2D eigenvalue weighted by atomic mass is 32.1. The lowest BCUT2D eigenvalue weighted by Gasteiger charge is -2.32. The van der Waals surface area contributed by atoms with E-state index in [0.29, 0.717) is 0 Å². The van der Waals surface area contributed by atoms with Crippen molar-refractivity contribution in [3.63, 3.8) is 0 Å². The van der Waals surface area contributed by atoms with Crippen LogP contribution in [0.5, 0.6) is 0 Å². The van der Waals surface area contributed by atoms with Crippen LogP contribution in [-0.4, -0.2) is 32.1 Å². The zero-order chi connectivity index (χ0) is 12.3. The summed E-state index contributed by atoms with van der Waals surface area (Å²) in [5, 5.41) is 15.1. The van der Waals surface area contributed by atoms with Gasteiger partial charge in [-0.25, -0.2) is 0 Å². The average Bonchev–Trinajstić information content (AvgIpc) is 2.77. The Balaban J connectivity index is 2.14. The molecule has 0 saturated heterocycles. The first-order valence-electron chi connectivity index (χ1n) is 6.06. The molecule has 1 atom stereocenters. The average molecular weight is 249 g/mol. The summed E-state index contributed by atoms with van der Waals surface area (Å²) in [6.07, 6.45) is 3.17. The summed E-state index contributed by atoms with van der Waals surface area (Å²) in [5.41, 5.74) is 0.777. The molecule has 1 aromatic heterocycles. The molecule has 0 fully saturated rings. The van der Waals surface area contributed by atoms with Crippen molar-refractivity contribution < 1.29 is 0 Å². The van der Waals surface area contributed by atoms with Crippen LogP contribution in [0.2, 0.25) is 0 Å². The highest BCUT2D eigenvalue weighted by molar-refractivity contribution is 7.10. The van der Waals surface area contributed by atoms with Crippen LogP contribution < -0.4 is 5.32 Å². The van der Waals surface area contributed by atoms with Crippen LogP contribution >= 0.6 is 11.3 Å². The molecule has 0 aromatic carbocycles. The normalized spacial score (nSPS) is 23.4. The van der Waals surface area contributed by atoms with Crippen LogP contribution in [0.1, 0.15) is 23.3 Å². The topological polar surface area (TPSA) is 39.1 Å². The number of hydrogen-bond acceptors (Lipinski definition) is 4. The minimum absolute atomic E-state index is 0.441. The minimum Gasteiger partial charge on any atom is -0.308 e.